The molecule has 3 aromatic rings. The number of rotatable bonds is 7. The van der Waals surface area contributed by atoms with Crippen molar-refractivity contribution >= 4 is 45.4 Å². The first-order valence-corrected chi connectivity index (χ1v) is 11.8. The molecule has 0 aromatic heterocycles. The van der Waals surface area contributed by atoms with E-state index >= 15 is 0 Å². The third-order valence-corrected chi connectivity index (χ3v) is 6.30. The van der Waals surface area contributed by atoms with Gasteiger partial charge in [-0.05, 0) is 61.4 Å². The number of ether oxygens (including phenoxy) is 1. The highest BCUT2D eigenvalue weighted by molar-refractivity contribution is 7.87. The van der Waals surface area contributed by atoms with E-state index in [1.807, 2.05) is 13.8 Å². The van der Waals surface area contributed by atoms with Gasteiger partial charge >= 0.3 is 10.1 Å². The van der Waals surface area contributed by atoms with Crippen LogP contribution in [-0.4, -0.2) is 27.6 Å². The lowest BCUT2D eigenvalue weighted by Crippen LogP contribution is -2.18. The summed E-state index contributed by atoms with van der Waals surface area (Å²) in [4.78, 5) is 12.4. The predicted molar refractivity (Wildman–Crippen MR) is 128 cm³/mol. The van der Waals surface area contributed by atoms with E-state index in [0.717, 1.165) is 11.1 Å². The molecule has 7 nitrogen and oxygen atoms in total. The molecule has 172 valence electrons. The molecule has 1 N–H and O–H groups in total. The normalized spacial score (nSPS) is 11.4. The van der Waals surface area contributed by atoms with Gasteiger partial charge in [-0.3, -0.25) is 4.79 Å². The second-order valence-corrected chi connectivity index (χ2v) is 9.43. The summed E-state index contributed by atoms with van der Waals surface area (Å²) >= 11 is 12.4. The standard InChI is InChI=1S/C23H20Cl2N2O5S/c1-14-4-7-17(8-5-14)33(29,30)32-22-19(24)11-16(12-20(22)25)13-26-27-23(28)18-9-6-15(2)10-21(18)31-3/h4-13H,1-3H3,(H,27,28)/b26-13-. The second-order valence-electron chi connectivity index (χ2n) is 7.07. The van der Waals surface area contributed by atoms with Gasteiger partial charge < -0.3 is 8.92 Å². The largest absolute Gasteiger partial charge is 0.496 e. The molecule has 0 saturated heterocycles. The smallest absolute Gasteiger partial charge is 0.339 e. The zero-order valence-corrected chi connectivity index (χ0v) is 20.3. The van der Waals surface area contributed by atoms with Crippen molar-refractivity contribution in [1.82, 2.24) is 5.43 Å². The lowest BCUT2D eigenvalue weighted by molar-refractivity contribution is 0.0952. The summed E-state index contributed by atoms with van der Waals surface area (Å²) in [6.07, 6.45) is 1.31. The van der Waals surface area contributed by atoms with E-state index in [9.17, 15) is 13.2 Å². The van der Waals surface area contributed by atoms with Crippen LogP contribution in [0, 0.1) is 13.8 Å². The van der Waals surface area contributed by atoms with Gasteiger partial charge in [0.1, 0.15) is 10.6 Å². The van der Waals surface area contributed by atoms with Crippen LogP contribution in [0.3, 0.4) is 0 Å². The Hall–Kier alpha value is -3.07. The third-order valence-electron chi connectivity index (χ3n) is 4.50. The molecule has 0 unspecified atom stereocenters. The average molecular weight is 507 g/mol. The Morgan fingerprint density at radius 2 is 1.58 bits per heavy atom. The van der Waals surface area contributed by atoms with Gasteiger partial charge in [-0.25, -0.2) is 5.43 Å². The molecule has 33 heavy (non-hydrogen) atoms. The Labute approximate surface area is 202 Å². The lowest BCUT2D eigenvalue weighted by atomic mass is 10.1. The SMILES string of the molecule is COc1cc(C)ccc1C(=O)N/N=C\c1cc(Cl)c(OS(=O)(=O)c2ccc(C)cc2)c(Cl)c1. The Bertz CT molecular complexity index is 1300. The molecule has 0 atom stereocenters. The Morgan fingerprint density at radius 1 is 0.970 bits per heavy atom. The molecule has 3 aromatic carbocycles. The van der Waals surface area contributed by atoms with E-state index in [2.05, 4.69) is 10.5 Å². The summed E-state index contributed by atoms with van der Waals surface area (Å²) in [6.45, 7) is 3.72. The number of hydrogen-bond donors (Lipinski definition) is 1. The third kappa shape index (κ3) is 6.04. The summed E-state index contributed by atoms with van der Waals surface area (Å²) < 4.78 is 35.5. The number of amides is 1. The van der Waals surface area contributed by atoms with Gasteiger partial charge in [-0.15, -0.1) is 0 Å². The van der Waals surface area contributed by atoms with E-state index in [1.54, 1.807) is 30.3 Å². The van der Waals surface area contributed by atoms with Crippen LogP contribution in [0.1, 0.15) is 27.0 Å². The van der Waals surface area contributed by atoms with Crippen molar-refractivity contribution in [3.05, 3.63) is 86.9 Å². The fraction of sp³-hybridized carbons (Fsp3) is 0.130. The van der Waals surface area contributed by atoms with Crippen molar-refractivity contribution in [3.63, 3.8) is 0 Å². The number of nitrogens with one attached hydrogen (secondary N) is 1. The van der Waals surface area contributed by atoms with Crippen LogP contribution >= 0.6 is 23.2 Å². The fourth-order valence-corrected chi connectivity index (χ4v) is 4.45. The predicted octanol–water partition coefficient (Wildman–Crippen LogP) is 5.15. The highest BCUT2D eigenvalue weighted by atomic mass is 35.5. The molecular weight excluding hydrogens is 487 g/mol. The van der Waals surface area contributed by atoms with Gasteiger partial charge in [0.15, 0.2) is 5.75 Å². The minimum Gasteiger partial charge on any atom is -0.496 e. The van der Waals surface area contributed by atoms with Gasteiger partial charge in [0.05, 0.1) is 28.9 Å². The molecule has 0 saturated carbocycles. The van der Waals surface area contributed by atoms with Crippen molar-refractivity contribution in [3.8, 4) is 11.5 Å². The number of benzene rings is 3. The first kappa shape index (κ1) is 24.6. The van der Waals surface area contributed by atoms with E-state index in [0.29, 0.717) is 16.9 Å². The van der Waals surface area contributed by atoms with Crippen molar-refractivity contribution in [1.29, 1.82) is 0 Å². The van der Waals surface area contributed by atoms with Crippen molar-refractivity contribution in [2.75, 3.05) is 7.11 Å². The van der Waals surface area contributed by atoms with Crippen LogP contribution in [-0.2, 0) is 10.1 Å². The highest BCUT2D eigenvalue weighted by Crippen LogP contribution is 2.36. The number of aryl methyl sites for hydroxylation is 2. The zero-order chi connectivity index (χ0) is 24.2. The summed E-state index contributed by atoms with van der Waals surface area (Å²) in [6, 6.07) is 14.1. The first-order chi connectivity index (χ1) is 15.6. The molecule has 0 aliphatic heterocycles. The molecule has 10 heteroatoms. The Morgan fingerprint density at radius 3 is 2.18 bits per heavy atom. The van der Waals surface area contributed by atoms with Crippen molar-refractivity contribution in [2.24, 2.45) is 5.10 Å². The summed E-state index contributed by atoms with van der Waals surface area (Å²) in [7, 11) is -2.65. The molecular formula is C23H20Cl2N2O5S. The minimum absolute atomic E-state index is 0.0277. The summed E-state index contributed by atoms with van der Waals surface area (Å²) in [5.41, 5.74) is 4.99. The molecule has 3 rings (SSSR count). The number of halogens is 2. The molecule has 0 heterocycles. The Kier molecular flexibility index (Phi) is 7.63. The molecule has 0 bridgehead atoms. The van der Waals surface area contributed by atoms with Crippen LogP contribution in [0.25, 0.3) is 0 Å². The molecule has 1 amide bonds. The van der Waals surface area contributed by atoms with E-state index in [1.165, 1.54) is 37.6 Å². The van der Waals surface area contributed by atoms with Gasteiger partial charge in [-0.1, -0.05) is 47.0 Å². The fourth-order valence-electron chi connectivity index (χ4n) is 2.81. The van der Waals surface area contributed by atoms with Crippen molar-refractivity contribution in [2.45, 2.75) is 18.7 Å². The van der Waals surface area contributed by atoms with E-state index in [4.69, 9.17) is 32.1 Å². The van der Waals surface area contributed by atoms with Crippen LogP contribution in [0.4, 0.5) is 0 Å². The second kappa shape index (κ2) is 10.2. The maximum atomic E-state index is 12.5. The van der Waals surface area contributed by atoms with E-state index in [-0.39, 0.29) is 20.7 Å². The van der Waals surface area contributed by atoms with E-state index < -0.39 is 16.0 Å². The number of hydrazone groups is 1. The number of hydrogen-bond acceptors (Lipinski definition) is 6. The van der Waals surface area contributed by atoms with Gasteiger partial charge in [0.2, 0.25) is 0 Å². The summed E-state index contributed by atoms with van der Waals surface area (Å²) in [5, 5.41) is 3.83. The number of nitrogens with zero attached hydrogens (tertiary/aromatic N) is 1. The monoisotopic (exact) mass is 506 g/mol. The number of carbonyl (C=O) groups is 1. The van der Waals surface area contributed by atoms with Crippen LogP contribution in [0.2, 0.25) is 10.0 Å². The van der Waals surface area contributed by atoms with Gasteiger partial charge in [-0.2, -0.15) is 13.5 Å². The highest BCUT2D eigenvalue weighted by Gasteiger charge is 2.21. The van der Waals surface area contributed by atoms with Gasteiger partial charge in [0, 0.05) is 0 Å². The zero-order valence-electron chi connectivity index (χ0n) is 17.9. The molecule has 0 fully saturated rings. The maximum absolute atomic E-state index is 12.5. The summed E-state index contributed by atoms with van der Waals surface area (Å²) in [5.74, 6) is -0.251. The minimum atomic E-state index is -4.13. The number of carbonyl (C=O) groups excluding carboxylic acids is 1. The topological polar surface area (TPSA) is 94.1 Å². The van der Waals surface area contributed by atoms with Crippen molar-refractivity contribution < 1.29 is 22.1 Å². The van der Waals surface area contributed by atoms with Gasteiger partial charge in [0.25, 0.3) is 5.91 Å². The first-order valence-electron chi connectivity index (χ1n) is 9.59. The molecule has 0 spiro atoms. The molecule has 0 aliphatic rings. The quantitative estimate of drug-likeness (QED) is 0.271. The lowest BCUT2D eigenvalue weighted by Gasteiger charge is -2.11. The molecule has 0 radical (unpaired) electrons. The van der Waals surface area contributed by atoms with Crippen LogP contribution < -0.4 is 14.3 Å². The number of methoxy groups -OCH3 is 1. The maximum Gasteiger partial charge on any atom is 0.339 e. The van der Waals surface area contributed by atoms with Crippen LogP contribution in [0.5, 0.6) is 11.5 Å². The van der Waals surface area contributed by atoms with Crippen LogP contribution in [0.15, 0.2) is 64.6 Å². The average Bonchev–Trinajstić information content (AvgIpc) is 2.76. The molecule has 0 aliphatic carbocycles. The Balaban J connectivity index is 1.75.